The maximum atomic E-state index is 14.5. The fourth-order valence-electron chi connectivity index (χ4n) is 2.84. The Balaban J connectivity index is 1.55. The summed E-state index contributed by atoms with van der Waals surface area (Å²) in [6.45, 7) is 1.01. The van der Waals surface area contributed by atoms with Crippen molar-refractivity contribution in [1.29, 1.82) is 0 Å². The van der Waals surface area contributed by atoms with E-state index in [9.17, 15) is 4.39 Å². The van der Waals surface area contributed by atoms with Gasteiger partial charge in [0.05, 0.1) is 19.8 Å². The van der Waals surface area contributed by atoms with Crippen molar-refractivity contribution in [2.24, 2.45) is 0 Å². The van der Waals surface area contributed by atoms with E-state index >= 15 is 0 Å². The molecule has 1 aliphatic rings. The van der Waals surface area contributed by atoms with Gasteiger partial charge in [-0.3, -0.25) is 0 Å². The van der Waals surface area contributed by atoms with Gasteiger partial charge in [-0.25, -0.2) is 4.39 Å². The standard InChI is InChI=1S/C20H23FO4/c1-22-20-18(21)19(24-13-16-10-6-3-7-11-16)17(25-20)14-23-12-15-8-4-2-5-9-15/h2-11,17-20H,12-14H2,1H3/t17-,18+,19+,20-/m1/s1. The van der Waals surface area contributed by atoms with E-state index in [0.29, 0.717) is 13.2 Å². The molecule has 1 fully saturated rings. The SMILES string of the molecule is CO[C@@H]1O[C@H](COCc2ccccc2)[C@H](OCc2ccccc2)[C@@H]1F. The van der Waals surface area contributed by atoms with Crippen LogP contribution in [0.5, 0.6) is 0 Å². The van der Waals surface area contributed by atoms with E-state index in [0.717, 1.165) is 11.1 Å². The van der Waals surface area contributed by atoms with Gasteiger partial charge < -0.3 is 18.9 Å². The number of alkyl halides is 1. The molecule has 5 heteroatoms. The molecular formula is C20H23FO4. The highest BCUT2D eigenvalue weighted by Crippen LogP contribution is 2.28. The molecule has 0 saturated carbocycles. The molecule has 4 atom stereocenters. The normalized spacial score (nSPS) is 26.0. The predicted octanol–water partition coefficient (Wildman–Crippen LogP) is 3.50. The lowest BCUT2D eigenvalue weighted by atomic mass is 10.1. The van der Waals surface area contributed by atoms with Crippen molar-refractivity contribution in [3.8, 4) is 0 Å². The highest BCUT2D eigenvalue weighted by Gasteiger charge is 2.46. The van der Waals surface area contributed by atoms with Crippen LogP contribution in [0.3, 0.4) is 0 Å². The van der Waals surface area contributed by atoms with Crippen LogP contribution in [0.4, 0.5) is 4.39 Å². The molecule has 0 aliphatic carbocycles. The first-order valence-corrected chi connectivity index (χ1v) is 8.37. The number of methoxy groups -OCH3 is 1. The third kappa shape index (κ3) is 4.86. The molecule has 0 radical (unpaired) electrons. The minimum Gasteiger partial charge on any atom is -0.374 e. The summed E-state index contributed by atoms with van der Waals surface area (Å²) in [4.78, 5) is 0. The molecule has 0 spiro atoms. The van der Waals surface area contributed by atoms with E-state index in [1.165, 1.54) is 7.11 Å². The van der Waals surface area contributed by atoms with Crippen molar-refractivity contribution < 1.29 is 23.3 Å². The van der Waals surface area contributed by atoms with Crippen LogP contribution in [0, 0.1) is 0 Å². The van der Waals surface area contributed by atoms with Gasteiger partial charge in [0, 0.05) is 7.11 Å². The maximum absolute atomic E-state index is 14.5. The summed E-state index contributed by atoms with van der Waals surface area (Å²) in [7, 11) is 1.43. The predicted molar refractivity (Wildman–Crippen MR) is 91.7 cm³/mol. The Hall–Kier alpha value is -1.79. The molecular weight excluding hydrogens is 323 g/mol. The van der Waals surface area contributed by atoms with E-state index in [4.69, 9.17) is 18.9 Å². The van der Waals surface area contributed by atoms with Crippen molar-refractivity contribution in [1.82, 2.24) is 0 Å². The minimum absolute atomic E-state index is 0.245. The Bertz CT molecular complexity index is 622. The second-order valence-electron chi connectivity index (χ2n) is 5.98. The third-order valence-electron chi connectivity index (χ3n) is 4.16. The molecule has 4 nitrogen and oxygen atoms in total. The van der Waals surface area contributed by atoms with Gasteiger partial charge in [-0.1, -0.05) is 60.7 Å². The molecule has 0 amide bonds. The number of hydrogen-bond donors (Lipinski definition) is 0. The van der Waals surface area contributed by atoms with Gasteiger partial charge in [0.25, 0.3) is 0 Å². The Kier molecular flexibility index (Phi) is 6.53. The van der Waals surface area contributed by atoms with E-state index < -0.39 is 24.7 Å². The quantitative estimate of drug-likeness (QED) is 0.733. The van der Waals surface area contributed by atoms with Crippen molar-refractivity contribution in [3.63, 3.8) is 0 Å². The lowest BCUT2D eigenvalue weighted by Gasteiger charge is -2.20. The molecule has 0 N–H and O–H groups in total. The molecule has 0 unspecified atom stereocenters. The average Bonchev–Trinajstić information content (AvgIpc) is 2.97. The summed E-state index contributed by atoms with van der Waals surface area (Å²) in [6, 6.07) is 19.5. The highest BCUT2D eigenvalue weighted by molar-refractivity contribution is 5.14. The zero-order chi connectivity index (χ0) is 17.5. The molecule has 1 saturated heterocycles. The third-order valence-corrected chi connectivity index (χ3v) is 4.16. The van der Waals surface area contributed by atoms with Gasteiger partial charge in [0.2, 0.25) is 0 Å². The molecule has 2 aromatic carbocycles. The molecule has 0 aromatic heterocycles. The Labute approximate surface area is 147 Å². The van der Waals surface area contributed by atoms with Gasteiger partial charge >= 0.3 is 0 Å². The average molecular weight is 346 g/mol. The van der Waals surface area contributed by atoms with Crippen molar-refractivity contribution in [2.45, 2.75) is 37.9 Å². The van der Waals surface area contributed by atoms with E-state index in [1.54, 1.807) is 0 Å². The van der Waals surface area contributed by atoms with E-state index in [1.807, 2.05) is 60.7 Å². The Morgan fingerprint density at radius 2 is 1.52 bits per heavy atom. The zero-order valence-electron chi connectivity index (χ0n) is 14.2. The molecule has 2 aromatic rings. The van der Waals surface area contributed by atoms with Crippen LogP contribution in [0.15, 0.2) is 60.7 Å². The Morgan fingerprint density at radius 1 is 0.920 bits per heavy atom. The van der Waals surface area contributed by atoms with Crippen LogP contribution in [0.1, 0.15) is 11.1 Å². The molecule has 25 heavy (non-hydrogen) atoms. The smallest absolute Gasteiger partial charge is 0.191 e. The van der Waals surface area contributed by atoms with Gasteiger partial charge in [0.15, 0.2) is 12.5 Å². The van der Waals surface area contributed by atoms with Gasteiger partial charge in [-0.15, -0.1) is 0 Å². The lowest BCUT2D eigenvalue weighted by molar-refractivity contribution is -0.147. The summed E-state index contributed by atoms with van der Waals surface area (Å²) in [5.41, 5.74) is 2.04. The molecule has 1 heterocycles. The number of hydrogen-bond acceptors (Lipinski definition) is 4. The van der Waals surface area contributed by atoms with E-state index in [-0.39, 0.29) is 6.61 Å². The van der Waals surface area contributed by atoms with Gasteiger partial charge in [0.1, 0.15) is 12.2 Å². The minimum atomic E-state index is -1.35. The molecule has 0 bridgehead atoms. The number of ether oxygens (including phenoxy) is 4. The van der Waals surface area contributed by atoms with Crippen molar-refractivity contribution >= 4 is 0 Å². The number of benzene rings is 2. The summed E-state index contributed by atoms with van der Waals surface area (Å²) in [5.74, 6) is 0. The maximum Gasteiger partial charge on any atom is 0.191 e. The largest absolute Gasteiger partial charge is 0.374 e. The summed E-state index contributed by atoms with van der Waals surface area (Å²) < 4.78 is 36.7. The topological polar surface area (TPSA) is 36.9 Å². The van der Waals surface area contributed by atoms with Crippen molar-refractivity contribution in [3.05, 3.63) is 71.8 Å². The number of rotatable bonds is 8. The van der Waals surface area contributed by atoms with Gasteiger partial charge in [-0.2, -0.15) is 0 Å². The van der Waals surface area contributed by atoms with Crippen LogP contribution in [-0.2, 0) is 32.2 Å². The fraction of sp³-hybridized carbons (Fsp3) is 0.400. The first-order chi connectivity index (χ1) is 12.3. The van der Waals surface area contributed by atoms with Crippen LogP contribution in [0.2, 0.25) is 0 Å². The van der Waals surface area contributed by atoms with Crippen LogP contribution in [0.25, 0.3) is 0 Å². The second-order valence-corrected chi connectivity index (χ2v) is 5.98. The molecule has 134 valence electrons. The lowest BCUT2D eigenvalue weighted by Crippen LogP contribution is -2.35. The second kappa shape index (κ2) is 9.06. The first kappa shape index (κ1) is 18.0. The van der Waals surface area contributed by atoms with Crippen LogP contribution < -0.4 is 0 Å². The van der Waals surface area contributed by atoms with Crippen molar-refractivity contribution in [2.75, 3.05) is 13.7 Å². The number of halogens is 1. The summed E-state index contributed by atoms with van der Waals surface area (Å²) in [6.07, 6.45) is -3.50. The van der Waals surface area contributed by atoms with Gasteiger partial charge in [-0.05, 0) is 11.1 Å². The van der Waals surface area contributed by atoms with Crippen LogP contribution in [-0.4, -0.2) is 38.4 Å². The Morgan fingerprint density at radius 3 is 2.12 bits per heavy atom. The summed E-state index contributed by atoms with van der Waals surface area (Å²) >= 11 is 0. The monoisotopic (exact) mass is 346 g/mol. The fourth-order valence-corrected chi connectivity index (χ4v) is 2.84. The first-order valence-electron chi connectivity index (χ1n) is 8.37. The highest BCUT2D eigenvalue weighted by atomic mass is 19.1. The molecule has 3 rings (SSSR count). The molecule has 1 aliphatic heterocycles. The summed E-state index contributed by atoms with van der Waals surface area (Å²) in [5, 5.41) is 0. The van der Waals surface area contributed by atoms with Crippen LogP contribution >= 0.6 is 0 Å². The van der Waals surface area contributed by atoms with E-state index in [2.05, 4.69) is 0 Å². The zero-order valence-corrected chi connectivity index (χ0v) is 14.2.